The number of aliphatic hydroxyl groups excluding tert-OH is 1. The summed E-state index contributed by atoms with van der Waals surface area (Å²) in [5, 5.41) is 11.9. The van der Waals surface area contributed by atoms with Gasteiger partial charge in [0, 0.05) is 12.6 Å². The molecule has 1 amide bonds. The van der Waals surface area contributed by atoms with Crippen molar-refractivity contribution in [2.75, 3.05) is 6.61 Å². The first-order valence-electron chi connectivity index (χ1n) is 6.67. The fourth-order valence-corrected chi connectivity index (χ4v) is 2.59. The topological polar surface area (TPSA) is 62.5 Å². The summed E-state index contributed by atoms with van der Waals surface area (Å²) >= 11 is 0. The minimum absolute atomic E-state index is 0.117. The van der Waals surface area contributed by atoms with Crippen molar-refractivity contribution in [3.05, 3.63) is 23.7 Å². The third-order valence-electron chi connectivity index (χ3n) is 3.68. The third-order valence-corrected chi connectivity index (χ3v) is 3.68. The SMILES string of the molecule is Cc1ccc(C(=O)NC2CCC(CCO)CC2)o1. The lowest BCUT2D eigenvalue weighted by atomic mass is 9.84. The van der Waals surface area contributed by atoms with Gasteiger partial charge in [0.15, 0.2) is 5.76 Å². The van der Waals surface area contributed by atoms with Gasteiger partial charge in [-0.3, -0.25) is 4.79 Å². The molecule has 1 aliphatic carbocycles. The fraction of sp³-hybridized carbons (Fsp3) is 0.643. The van der Waals surface area contributed by atoms with Gasteiger partial charge < -0.3 is 14.8 Å². The first-order valence-corrected chi connectivity index (χ1v) is 6.67. The molecule has 0 bridgehead atoms. The lowest BCUT2D eigenvalue weighted by Gasteiger charge is -2.28. The molecule has 1 aromatic heterocycles. The maximum absolute atomic E-state index is 11.9. The van der Waals surface area contributed by atoms with Crippen molar-refractivity contribution < 1.29 is 14.3 Å². The number of amides is 1. The number of rotatable bonds is 4. The second-order valence-corrected chi connectivity index (χ2v) is 5.11. The molecule has 0 saturated heterocycles. The van der Waals surface area contributed by atoms with E-state index in [2.05, 4.69) is 5.32 Å². The molecule has 1 heterocycles. The van der Waals surface area contributed by atoms with E-state index in [4.69, 9.17) is 9.52 Å². The first-order chi connectivity index (χ1) is 8.69. The summed E-state index contributed by atoms with van der Waals surface area (Å²) in [6.07, 6.45) is 5.05. The highest BCUT2D eigenvalue weighted by Gasteiger charge is 2.23. The summed E-state index contributed by atoms with van der Waals surface area (Å²) in [5.41, 5.74) is 0. The Morgan fingerprint density at radius 2 is 2.11 bits per heavy atom. The molecule has 4 nitrogen and oxygen atoms in total. The number of hydrogen-bond donors (Lipinski definition) is 2. The zero-order valence-electron chi connectivity index (χ0n) is 10.8. The normalized spacial score (nSPS) is 23.9. The van der Waals surface area contributed by atoms with Crippen LogP contribution in [0.4, 0.5) is 0 Å². The second kappa shape index (κ2) is 6.05. The molecular weight excluding hydrogens is 230 g/mol. The van der Waals surface area contributed by atoms with E-state index in [1.54, 1.807) is 12.1 Å². The van der Waals surface area contributed by atoms with E-state index in [9.17, 15) is 4.79 Å². The Balaban J connectivity index is 1.79. The zero-order chi connectivity index (χ0) is 13.0. The molecule has 100 valence electrons. The van der Waals surface area contributed by atoms with Crippen LogP contribution in [0.15, 0.2) is 16.5 Å². The average Bonchev–Trinajstić information content (AvgIpc) is 2.79. The van der Waals surface area contributed by atoms with Gasteiger partial charge >= 0.3 is 0 Å². The van der Waals surface area contributed by atoms with Crippen molar-refractivity contribution >= 4 is 5.91 Å². The van der Waals surface area contributed by atoms with Gasteiger partial charge in [-0.25, -0.2) is 0 Å². The molecular formula is C14H21NO3. The van der Waals surface area contributed by atoms with Crippen molar-refractivity contribution in [3.63, 3.8) is 0 Å². The lowest BCUT2D eigenvalue weighted by molar-refractivity contribution is 0.0889. The molecule has 0 atom stereocenters. The molecule has 2 N–H and O–H groups in total. The minimum Gasteiger partial charge on any atom is -0.456 e. The van der Waals surface area contributed by atoms with E-state index in [1.807, 2.05) is 6.92 Å². The van der Waals surface area contributed by atoms with Crippen LogP contribution in [0.5, 0.6) is 0 Å². The molecule has 1 aromatic rings. The monoisotopic (exact) mass is 251 g/mol. The highest BCUT2D eigenvalue weighted by Crippen LogP contribution is 2.26. The number of hydrogen-bond acceptors (Lipinski definition) is 3. The first kappa shape index (κ1) is 13.1. The molecule has 1 saturated carbocycles. The third kappa shape index (κ3) is 3.35. The summed E-state index contributed by atoms with van der Waals surface area (Å²) < 4.78 is 5.30. The Bertz CT molecular complexity index is 391. The molecule has 1 aliphatic rings. The molecule has 2 rings (SSSR count). The van der Waals surface area contributed by atoms with Crippen molar-refractivity contribution in [1.29, 1.82) is 0 Å². The van der Waals surface area contributed by atoms with Gasteiger partial charge in [0.2, 0.25) is 0 Å². The van der Waals surface area contributed by atoms with Crippen LogP contribution in [-0.2, 0) is 0 Å². The fourth-order valence-electron chi connectivity index (χ4n) is 2.59. The maximum Gasteiger partial charge on any atom is 0.287 e. The van der Waals surface area contributed by atoms with Gasteiger partial charge in [0.25, 0.3) is 5.91 Å². The van der Waals surface area contributed by atoms with Crippen LogP contribution in [0.3, 0.4) is 0 Å². The van der Waals surface area contributed by atoms with Gasteiger partial charge in [-0.2, -0.15) is 0 Å². The van der Waals surface area contributed by atoms with Gasteiger partial charge in [-0.15, -0.1) is 0 Å². The number of nitrogens with one attached hydrogen (secondary N) is 1. The largest absolute Gasteiger partial charge is 0.456 e. The lowest BCUT2D eigenvalue weighted by Crippen LogP contribution is -2.37. The molecule has 0 aromatic carbocycles. The summed E-state index contributed by atoms with van der Waals surface area (Å²) in [5.74, 6) is 1.65. The number of aryl methyl sites for hydroxylation is 1. The summed E-state index contributed by atoms with van der Waals surface area (Å²) in [6.45, 7) is 2.10. The van der Waals surface area contributed by atoms with Crippen LogP contribution in [0.1, 0.15) is 48.4 Å². The zero-order valence-corrected chi connectivity index (χ0v) is 10.8. The Labute approximate surface area is 107 Å². The smallest absolute Gasteiger partial charge is 0.287 e. The number of carbonyl (C=O) groups excluding carboxylic acids is 1. The molecule has 18 heavy (non-hydrogen) atoms. The van der Waals surface area contributed by atoms with Crippen LogP contribution >= 0.6 is 0 Å². The van der Waals surface area contributed by atoms with Gasteiger partial charge in [-0.1, -0.05) is 0 Å². The summed E-state index contributed by atoms with van der Waals surface area (Å²) in [4.78, 5) is 11.9. The van der Waals surface area contributed by atoms with Gasteiger partial charge in [0.1, 0.15) is 5.76 Å². The predicted molar refractivity (Wildman–Crippen MR) is 68.4 cm³/mol. The van der Waals surface area contributed by atoms with Crippen molar-refractivity contribution in [1.82, 2.24) is 5.32 Å². The standard InChI is InChI=1S/C14H21NO3/c1-10-2-7-13(18-10)14(17)15-12-5-3-11(4-6-12)8-9-16/h2,7,11-12,16H,3-6,8-9H2,1H3,(H,15,17). The van der Waals surface area contributed by atoms with Crippen LogP contribution in [0, 0.1) is 12.8 Å². The van der Waals surface area contributed by atoms with Crippen LogP contribution in [-0.4, -0.2) is 23.7 Å². The minimum atomic E-state index is -0.117. The van der Waals surface area contributed by atoms with E-state index in [0.717, 1.165) is 37.9 Å². The van der Waals surface area contributed by atoms with E-state index in [-0.39, 0.29) is 18.6 Å². The predicted octanol–water partition coefficient (Wildman–Crippen LogP) is 2.26. The second-order valence-electron chi connectivity index (χ2n) is 5.11. The van der Waals surface area contributed by atoms with Crippen molar-refractivity contribution in [2.45, 2.75) is 45.1 Å². The quantitative estimate of drug-likeness (QED) is 0.862. The van der Waals surface area contributed by atoms with Gasteiger partial charge in [-0.05, 0) is 57.1 Å². The van der Waals surface area contributed by atoms with Crippen LogP contribution in [0.25, 0.3) is 0 Å². The Hall–Kier alpha value is -1.29. The number of carbonyl (C=O) groups is 1. The Morgan fingerprint density at radius 3 is 2.67 bits per heavy atom. The van der Waals surface area contributed by atoms with Crippen molar-refractivity contribution in [3.8, 4) is 0 Å². The van der Waals surface area contributed by atoms with Crippen LogP contribution in [0.2, 0.25) is 0 Å². The highest BCUT2D eigenvalue weighted by atomic mass is 16.3. The molecule has 1 fully saturated rings. The maximum atomic E-state index is 11.9. The number of furan rings is 1. The number of aliphatic hydroxyl groups is 1. The van der Waals surface area contributed by atoms with E-state index in [0.29, 0.717) is 11.7 Å². The van der Waals surface area contributed by atoms with Gasteiger partial charge in [0.05, 0.1) is 0 Å². The average molecular weight is 251 g/mol. The molecule has 0 radical (unpaired) electrons. The Kier molecular flexibility index (Phi) is 4.42. The highest BCUT2D eigenvalue weighted by molar-refractivity contribution is 5.91. The van der Waals surface area contributed by atoms with E-state index in [1.165, 1.54) is 0 Å². The van der Waals surface area contributed by atoms with E-state index < -0.39 is 0 Å². The summed E-state index contributed by atoms with van der Waals surface area (Å²) in [7, 11) is 0. The van der Waals surface area contributed by atoms with Crippen LogP contribution < -0.4 is 5.32 Å². The van der Waals surface area contributed by atoms with E-state index >= 15 is 0 Å². The molecule has 4 heteroatoms. The van der Waals surface area contributed by atoms with Crippen molar-refractivity contribution in [2.24, 2.45) is 5.92 Å². The molecule has 0 aliphatic heterocycles. The molecule has 0 unspecified atom stereocenters. The summed E-state index contributed by atoms with van der Waals surface area (Å²) in [6, 6.07) is 3.76. The molecule has 0 spiro atoms. The Morgan fingerprint density at radius 1 is 1.39 bits per heavy atom.